The summed E-state index contributed by atoms with van der Waals surface area (Å²) >= 11 is 0. The zero-order valence-electron chi connectivity index (χ0n) is 15.3. The van der Waals surface area contributed by atoms with E-state index in [1.807, 2.05) is 0 Å². The largest absolute Gasteiger partial charge is 0.462 e. The Morgan fingerprint density at radius 3 is 2.48 bits per heavy atom. The van der Waals surface area contributed by atoms with E-state index in [-0.39, 0.29) is 18.1 Å². The molecule has 152 valence electrons. The maximum Gasteiger partial charge on any atom is 0.434 e. The molecule has 1 amide bonds. The molecule has 2 aromatic heterocycles. The Hall–Kier alpha value is -3.63. The van der Waals surface area contributed by atoms with Crippen molar-refractivity contribution in [1.82, 2.24) is 14.9 Å². The molecule has 0 aliphatic rings. The molecule has 3 rings (SSSR count). The first-order valence-corrected chi connectivity index (χ1v) is 8.38. The van der Waals surface area contributed by atoms with Gasteiger partial charge in [0.25, 0.3) is 5.91 Å². The molecular formula is C18H15F3N4O4. The van der Waals surface area contributed by atoms with Gasteiger partial charge in [0.1, 0.15) is 5.56 Å². The summed E-state index contributed by atoms with van der Waals surface area (Å²) in [5, 5.41) is 9.82. The number of anilines is 1. The van der Waals surface area contributed by atoms with Crippen LogP contribution in [-0.4, -0.2) is 33.4 Å². The van der Waals surface area contributed by atoms with Crippen molar-refractivity contribution in [3.8, 4) is 5.69 Å². The Kier molecular flexibility index (Phi) is 5.39. The first-order chi connectivity index (χ1) is 13.7. The fourth-order valence-corrected chi connectivity index (χ4v) is 2.52. The number of esters is 1. The lowest BCUT2D eigenvalue weighted by Crippen LogP contribution is -2.18. The molecule has 2 heterocycles. The highest BCUT2D eigenvalue weighted by Crippen LogP contribution is 2.34. The van der Waals surface area contributed by atoms with Crippen LogP contribution in [0.3, 0.4) is 0 Å². The van der Waals surface area contributed by atoms with Crippen molar-refractivity contribution in [2.75, 3.05) is 11.9 Å². The van der Waals surface area contributed by atoms with E-state index in [0.29, 0.717) is 16.1 Å². The Morgan fingerprint density at radius 1 is 1.24 bits per heavy atom. The number of ether oxygens (including phenoxy) is 1. The molecule has 29 heavy (non-hydrogen) atoms. The third kappa shape index (κ3) is 4.28. The summed E-state index contributed by atoms with van der Waals surface area (Å²) in [5.74, 6) is -1.67. The summed E-state index contributed by atoms with van der Waals surface area (Å²) in [6.45, 7) is 3.07. The second kappa shape index (κ2) is 7.78. The molecule has 0 saturated carbocycles. The molecule has 8 nitrogen and oxygen atoms in total. The Morgan fingerprint density at radius 2 is 1.93 bits per heavy atom. The van der Waals surface area contributed by atoms with Crippen molar-refractivity contribution in [3.63, 3.8) is 0 Å². The zero-order valence-corrected chi connectivity index (χ0v) is 15.3. The van der Waals surface area contributed by atoms with Crippen LogP contribution in [-0.2, 0) is 10.9 Å². The number of hydrogen-bond donors (Lipinski definition) is 1. The number of nitrogens with one attached hydrogen (secondary N) is 1. The van der Waals surface area contributed by atoms with Gasteiger partial charge in [-0.15, -0.1) is 0 Å². The lowest BCUT2D eigenvalue weighted by atomic mass is 10.2. The number of nitrogens with zero attached hydrogens (tertiary/aromatic N) is 3. The van der Waals surface area contributed by atoms with Gasteiger partial charge in [-0.25, -0.2) is 9.48 Å². The lowest BCUT2D eigenvalue weighted by Gasteiger charge is -2.13. The van der Waals surface area contributed by atoms with E-state index in [9.17, 15) is 22.8 Å². The minimum atomic E-state index is -4.84. The van der Waals surface area contributed by atoms with Crippen molar-refractivity contribution in [3.05, 3.63) is 59.2 Å². The smallest absolute Gasteiger partial charge is 0.434 e. The van der Waals surface area contributed by atoms with Crippen LogP contribution in [0.15, 0.2) is 41.1 Å². The molecular weight excluding hydrogens is 393 g/mol. The number of rotatable bonds is 5. The molecule has 0 bridgehead atoms. The second-order valence-electron chi connectivity index (χ2n) is 5.87. The monoisotopic (exact) mass is 408 g/mol. The van der Waals surface area contributed by atoms with Crippen molar-refractivity contribution in [1.29, 1.82) is 0 Å². The van der Waals surface area contributed by atoms with Crippen LogP contribution in [0.4, 0.5) is 18.9 Å². The van der Waals surface area contributed by atoms with E-state index < -0.39 is 29.3 Å². The number of alkyl halides is 3. The number of carbonyl (C=O) groups is 2. The Labute approximate surface area is 162 Å². The molecule has 0 spiro atoms. The van der Waals surface area contributed by atoms with E-state index >= 15 is 0 Å². The number of benzene rings is 1. The summed E-state index contributed by atoms with van der Waals surface area (Å²) in [7, 11) is 0. The number of aryl methyl sites for hydroxylation is 1. The number of amides is 1. The van der Waals surface area contributed by atoms with Crippen molar-refractivity contribution >= 4 is 17.6 Å². The van der Waals surface area contributed by atoms with Crippen LogP contribution in [0.25, 0.3) is 5.69 Å². The second-order valence-corrected chi connectivity index (χ2v) is 5.87. The van der Waals surface area contributed by atoms with Gasteiger partial charge < -0.3 is 14.6 Å². The first-order valence-electron chi connectivity index (χ1n) is 8.38. The minimum absolute atomic E-state index is 0.00270. The van der Waals surface area contributed by atoms with Crippen LogP contribution < -0.4 is 5.32 Å². The first kappa shape index (κ1) is 20.1. The topological polar surface area (TPSA) is 99.2 Å². The van der Waals surface area contributed by atoms with Gasteiger partial charge in [-0.05, 0) is 38.1 Å². The van der Waals surface area contributed by atoms with Crippen molar-refractivity contribution < 1.29 is 32.0 Å². The predicted molar refractivity (Wildman–Crippen MR) is 93.7 cm³/mol. The highest BCUT2D eigenvalue weighted by Gasteiger charge is 2.41. The lowest BCUT2D eigenvalue weighted by molar-refractivity contribution is -0.143. The maximum atomic E-state index is 13.5. The fraction of sp³-hybridized carbons (Fsp3) is 0.222. The average molecular weight is 408 g/mol. The summed E-state index contributed by atoms with van der Waals surface area (Å²) in [6.07, 6.45) is -4.03. The van der Waals surface area contributed by atoms with Gasteiger partial charge in [-0.2, -0.15) is 18.3 Å². The van der Waals surface area contributed by atoms with Crippen LogP contribution in [0, 0.1) is 6.92 Å². The van der Waals surface area contributed by atoms with Crippen molar-refractivity contribution in [2.45, 2.75) is 20.0 Å². The molecule has 3 aromatic rings. The third-order valence-corrected chi connectivity index (χ3v) is 3.75. The molecule has 1 N–H and O–H groups in total. The normalized spacial score (nSPS) is 11.3. The fourth-order valence-electron chi connectivity index (χ4n) is 2.52. The molecule has 0 fully saturated rings. The molecule has 0 aliphatic heterocycles. The number of hydrogen-bond acceptors (Lipinski definition) is 6. The standard InChI is InChI=1S/C18H15F3N4O4/c1-3-28-17(27)13-9-22-25(15(13)18(19,20)21)12-6-4-11(5-7-12)23-16(26)14-8-10(2)24-29-14/h4-9H,3H2,1-2H3,(H,23,26). The van der Waals surface area contributed by atoms with Gasteiger partial charge in [0.05, 0.1) is 24.2 Å². The van der Waals surface area contributed by atoms with E-state index in [1.54, 1.807) is 6.92 Å². The minimum Gasteiger partial charge on any atom is -0.462 e. The Balaban J connectivity index is 1.88. The molecule has 0 atom stereocenters. The highest BCUT2D eigenvalue weighted by atomic mass is 19.4. The van der Waals surface area contributed by atoms with Gasteiger partial charge in [0, 0.05) is 11.8 Å². The van der Waals surface area contributed by atoms with E-state index in [0.717, 1.165) is 6.20 Å². The van der Waals surface area contributed by atoms with Gasteiger partial charge in [0.15, 0.2) is 5.69 Å². The predicted octanol–water partition coefficient (Wildman–Crippen LogP) is 3.62. The quantitative estimate of drug-likeness (QED) is 0.648. The van der Waals surface area contributed by atoms with E-state index in [4.69, 9.17) is 4.52 Å². The maximum absolute atomic E-state index is 13.5. The average Bonchev–Trinajstić information content (AvgIpc) is 3.29. The SMILES string of the molecule is CCOC(=O)c1cnn(-c2ccc(NC(=O)c3cc(C)no3)cc2)c1C(F)(F)F. The van der Waals surface area contributed by atoms with Crippen LogP contribution >= 0.6 is 0 Å². The summed E-state index contributed by atoms with van der Waals surface area (Å²) in [5.41, 5.74) is -1.04. The molecule has 0 radical (unpaired) electrons. The molecule has 0 aliphatic carbocycles. The van der Waals surface area contributed by atoms with Crippen LogP contribution in [0.1, 0.15) is 39.2 Å². The number of aromatic nitrogens is 3. The summed E-state index contributed by atoms with van der Waals surface area (Å²) in [6, 6.07) is 6.86. The summed E-state index contributed by atoms with van der Waals surface area (Å²) in [4.78, 5) is 23.9. The molecule has 1 aromatic carbocycles. The van der Waals surface area contributed by atoms with Crippen molar-refractivity contribution in [2.24, 2.45) is 0 Å². The van der Waals surface area contributed by atoms with Gasteiger partial charge in [-0.1, -0.05) is 5.16 Å². The van der Waals surface area contributed by atoms with Gasteiger partial charge in [0.2, 0.25) is 5.76 Å². The van der Waals surface area contributed by atoms with Crippen LogP contribution in [0.5, 0.6) is 0 Å². The van der Waals surface area contributed by atoms with E-state index in [2.05, 4.69) is 20.3 Å². The number of carbonyl (C=O) groups excluding carboxylic acids is 2. The Bertz CT molecular complexity index is 1040. The van der Waals surface area contributed by atoms with E-state index in [1.165, 1.54) is 37.3 Å². The molecule has 11 heteroatoms. The van der Waals surface area contributed by atoms with Gasteiger partial charge in [-0.3, -0.25) is 4.79 Å². The zero-order chi connectivity index (χ0) is 21.2. The molecule has 0 saturated heterocycles. The van der Waals surface area contributed by atoms with Gasteiger partial charge >= 0.3 is 12.1 Å². The third-order valence-electron chi connectivity index (χ3n) is 3.75. The highest BCUT2D eigenvalue weighted by molar-refractivity contribution is 6.02. The number of halogens is 3. The summed E-state index contributed by atoms with van der Waals surface area (Å²) < 4.78 is 50.7. The molecule has 0 unspecified atom stereocenters. The van der Waals surface area contributed by atoms with Crippen LogP contribution in [0.2, 0.25) is 0 Å².